The summed E-state index contributed by atoms with van der Waals surface area (Å²) in [7, 11) is 0. The number of rotatable bonds is 5. The third-order valence-electron chi connectivity index (χ3n) is 3.72. The first kappa shape index (κ1) is 14.8. The van der Waals surface area contributed by atoms with E-state index in [4.69, 9.17) is 0 Å². The van der Waals surface area contributed by atoms with Crippen LogP contribution in [0.3, 0.4) is 0 Å². The summed E-state index contributed by atoms with van der Waals surface area (Å²) >= 11 is 0. The zero-order valence-electron chi connectivity index (χ0n) is 13.0. The molecule has 0 amide bonds. The lowest BCUT2D eigenvalue weighted by Gasteiger charge is -2.22. The molecule has 2 aromatic carbocycles. The molecular weight excluding hydrogens is 242 g/mol. The molecule has 2 aromatic rings. The average molecular weight is 267 g/mol. The van der Waals surface area contributed by atoms with Gasteiger partial charge < -0.3 is 5.32 Å². The fraction of sp³-hybridized carbons (Fsp3) is 0.368. The van der Waals surface area contributed by atoms with Crippen LogP contribution >= 0.6 is 0 Å². The molecule has 1 heteroatoms. The summed E-state index contributed by atoms with van der Waals surface area (Å²) in [5.41, 5.74) is 6.74. The van der Waals surface area contributed by atoms with Crippen molar-refractivity contribution >= 4 is 0 Å². The summed E-state index contributed by atoms with van der Waals surface area (Å²) in [4.78, 5) is 0. The monoisotopic (exact) mass is 267 g/mol. The Hall–Kier alpha value is -1.60. The van der Waals surface area contributed by atoms with Crippen molar-refractivity contribution in [3.8, 4) is 0 Å². The second kappa shape index (κ2) is 6.71. The summed E-state index contributed by atoms with van der Waals surface area (Å²) in [6.45, 7) is 9.76. The second-order valence-electron chi connectivity index (χ2n) is 5.66. The van der Waals surface area contributed by atoms with Gasteiger partial charge in [-0.3, -0.25) is 0 Å². The maximum Gasteiger partial charge on any atom is 0.0579 e. The molecular formula is C19H25N. The highest BCUT2D eigenvalue weighted by molar-refractivity contribution is 5.40. The van der Waals surface area contributed by atoms with E-state index in [9.17, 15) is 0 Å². The molecule has 0 spiro atoms. The largest absolute Gasteiger partial charge is 0.306 e. The molecule has 106 valence electrons. The van der Waals surface area contributed by atoms with Crippen LogP contribution in [0.4, 0.5) is 0 Å². The molecule has 0 saturated carbocycles. The minimum absolute atomic E-state index is 0.287. The van der Waals surface area contributed by atoms with Gasteiger partial charge in [0.25, 0.3) is 0 Å². The highest BCUT2D eigenvalue weighted by Gasteiger charge is 2.15. The molecule has 0 aliphatic carbocycles. The van der Waals surface area contributed by atoms with E-state index in [2.05, 4.69) is 75.5 Å². The summed E-state index contributed by atoms with van der Waals surface area (Å²) in [6.07, 6.45) is 1.15. The topological polar surface area (TPSA) is 12.0 Å². The van der Waals surface area contributed by atoms with Crippen LogP contribution in [0.1, 0.15) is 47.2 Å². The third kappa shape index (κ3) is 3.49. The predicted molar refractivity (Wildman–Crippen MR) is 87.2 cm³/mol. The van der Waals surface area contributed by atoms with E-state index >= 15 is 0 Å². The van der Waals surface area contributed by atoms with E-state index < -0.39 is 0 Å². The molecule has 2 rings (SSSR count). The van der Waals surface area contributed by atoms with Crippen molar-refractivity contribution in [2.45, 2.75) is 40.2 Å². The molecule has 1 nitrogen and oxygen atoms in total. The van der Waals surface area contributed by atoms with Crippen molar-refractivity contribution in [1.82, 2.24) is 5.32 Å². The predicted octanol–water partition coefficient (Wildman–Crippen LogP) is 4.70. The van der Waals surface area contributed by atoms with Crippen LogP contribution in [0.2, 0.25) is 0 Å². The maximum absolute atomic E-state index is 3.70. The smallest absolute Gasteiger partial charge is 0.0579 e. The summed E-state index contributed by atoms with van der Waals surface area (Å²) < 4.78 is 0. The van der Waals surface area contributed by atoms with Gasteiger partial charge in [0.2, 0.25) is 0 Å². The number of hydrogen-bond acceptors (Lipinski definition) is 1. The maximum atomic E-state index is 3.70. The van der Waals surface area contributed by atoms with E-state index in [1.807, 2.05) is 0 Å². The standard InChI is InChI=1S/C19H25N/c1-5-11-20-19(17-8-6-7-14(2)12-17)18-13-15(3)9-10-16(18)4/h6-10,12-13,19-20H,5,11H2,1-4H3. The lowest BCUT2D eigenvalue weighted by molar-refractivity contribution is 0.596. The number of aryl methyl sites for hydroxylation is 3. The Kier molecular flexibility index (Phi) is 4.97. The highest BCUT2D eigenvalue weighted by atomic mass is 14.9. The van der Waals surface area contributed by atoms with Crippen molar-refractivity contribution in [1.29, 1.82) is 0 Å². The minimum Gasteiger partial charge on any atom is -0.306 e. The number of hydrogen-bond donors (Lipinski definition) is 1. The van der Waals surface area contributed by atoms with Crippen molar-refractivity contribution in [2.75, 3.05) is 6.54 Å². The van der Waals surface area contributed by atoms with Crippen LogP contribution in [0, 0.1) is 20.8 Å². The normalized spacial score (nSPS) is 12.4. The molecule has 1 N–H and O–H groups in total. The quantitative estimate of drug-likeness (QED) is 0.828. The molecule has 0 heterocycles. The Morgan fingerprint density at radius 1 is 0.950 bits per heavy atom. The van der Waals surface area contributed by atoms with E-state index in [-0.39, 0.29) is 6.04 Å². The first-order valence-corrected chi connectivity index (χ1v) is 7.49. The molecule has 0 aliphatic rings. The van der Waals surface area contributed by atoms with Gasteiger partial charge in [0.05, 0.1) is 6.04 Å². The highest BCUT2D eigenvalue weighted by Crippen LogP contribution is 2.26. The van der Waals surface area contributed by atoms with Gasteiger partial charge in [0.15, 0.2) is 0 Å². The first-order chi connectivity index (χ1) is 9.61. The van der Waals surface area contributed by atoms with E-state index in [1.54, 1.807) is 0 Å². The Bertz CT molecular complexity index is 572. The summed E-state index contributed by atoms with van der Waals surface area (Å²) in [6, 6.07) is 15.8. The third-order valence-corrected chi connectivity index (χ3v) is 3.72. The zero-order valence-corrected chi connectivity index (χ0v) is 13.0. The van der Waals surface area contributed by atoms with Gasteiger partial charge >= 0.3 is 0 Å². The number of nitrogens with one attached hydrogen (secondary N) is 1. The van der Waals surface area contributed by atoms with Crippen LogP contribution < -0.4 is 5.32 Å². The Morgan fingerprint density at radius 3 is 2.40 bits per heavy atom. The van der Waals surface area contributed by atoms with Gasteiger partial charge in [0.1, 0.15) is 0 Å². The first-order valence-electron chi connectivity index (χ1n) is 7.49. The fourth-order valence-corrected chi connectivity index (χ4v) is 2.62. The summed E-state index contributed by atoms with van der Waals surface area (Å²) in [5.74, 6) is 0. The van der Waals surface area contributed by atoms with Crippen molar-refractivity contribution in [3.63, 3.8) is 0 Å². The molecule has 1 unspecified atom stereocenters. The van der Waals surface area contributed by atoms with Crippen molar-refractivity contribution < 1.29 is 0 Å². The lowest BCUT2D eigenvalue weighted by atomic mass is 9.92. The molecule has 0 aromatic heterocycles. The van der Waals surface area contributed by atoms with Gasteiger partial charge in [-0.25, -0.2) is 0 Å². The molecule has 0 fully saturated rings. The average Bonchev–Trinajstić information content (AvgIpc) is 2.43. The van der Waals surface area contributed by atoms with Gasteiger partial charge in [-0.2, -0.15) is 0 Å². The molecule has 1 atom stereocenters. The van der Waals surface area contributed by atoms with Crippen molar-refractivity contribution in [2.24, 2.45) is 0 Å². The fourth-order valence-electron chi connectivity index (χ4n) is 2.62. The Labute approximate surface area is 123 Å². The van der Waals surface area contributed by atoms with Crippen LogP contribution in [-0.2, 0) is 0 Å². The zero-order chi connectivity index (χ0) is 14.5. The molecule has 0 bridgehead atoms. The summed E-state index contributed by atoms with van der Waals surface area (Å²) in [5, 5.41) is 3.70. The molecule has 20 heavy (non-hydrogen) atoms. The molecule has 0 radical (unpaired) electrons. The van der Waals surface area contributed by atoms with Crippen molar-refractivity contribution in [3.05, 3.63) is 70.3 Å². The second-order valence-corrected chi connectivity index (χ2v) is 5.66. The van der Waals surface area contributed by atoms with Gasteiger partial charge in [-0.15, -0.1) is 0 Å². The van der Waals surface area contributed by atoms with E-state index in [1.165, 1.54) is 27.8 Å². The van der Waals surface area contributed by atoms with E-state index in [0.29, 0.717) is 0 Å². The molecule has 0 aliphatic heterocycles. The van der Waals surface area contributed by atoms with Crippen LogP contribution in [0.15, 0.2) is 42.5 Å². The van der Waals surface area contributed by atoms with Gasteiger partial charge in [0, 0.05) is 0 Å². The number of benzene rings is 2. The van der Waals surface area contributed by atoms with Crippen LogP contribution in [0.25, 0.3) is 0 Å². The minimum atomic E-state index is 0.287. The van der Waals surface area contributed by atoms with Crippen LogP contribution in [-0.4, -0.2) is 6.54 Å². The Morgan fingerprint density at radius 2 is 1.70 bits per heavy atom. The molecule has 0 saturated heterocycles. The van der Waals surface area contributed by atoms with Gasteiger partial charge in [-0.05, 0) is 50.4 Å². The van der Waals surface area contributed by atoms with E-state index in [0.717, 1.165) is 13.0 Å². The Balaban J connectivity index is 2.44. The SMILES string of the molecule is CCCNC(c1cccc(C)c1)c1cc(C)ccc1C. The lowest BCUT2D eigenvalue weighted by Crippen LogP contribution is -2.24. The van der Waals surface area contributed by atoms with Gasteiger partial charge in [-0.1, -0.05) is 60.5 Å². The van der Waals surface area contributed by atoms with Crippen LogP contribution in [0.5, 0.6) is 0 Å².